The maximum Gasteiger partial charge on any atom is 0.285 e. The second kappa shape index (κ2) is 5.76. The summed E-state index contributed by atoms with van der Waals surface area (Å²) in [5, 5.41) is 0. The fourth-order valence-electron chi connectivity index (χ4n) is 1.47. The third kappa shape index (κ3) is 3.26. The minimum absolute atomic E-state index is 0.0265. The molecule has 0 spiro atoms. The van der Waals surface area contributed by atoms with Crippen molar-refractivity contribution >= 4 is 26.0 Å². The lowest BCUT2D eigenvalue weighted by atomic mass is 10.2. The normalized spacial score (nSPS) is 11.3. The Balaban J connectivity index is 2.27. The minimum Gasteiger partial charge on any atom is -0.472 e. The summed E-state index contributed by atoms with van der Waals surface area (Å²) in [5.41, 5.74) is 0.180. The van der Waals surface area contributed by atoms with Gasteiger partial charge >= 0.3 is 0 Å². The van der Waals surface area contributed by atoms with E-state index in [0.29, 0.717) is 3.97 Å². The van der Waals surface area contributed by atoms with Gasteiger partial charge in [-0.1, -0.05) is 30.3 Å². The number of benzene rings is 1. The number of ether oxygens (including phenoxy) is 1. The average Bonchev–Trinajstić information content (AvgIpc) is 2.40. The van der Waals surface area contributed by atoms with Crippen molar-refractivity contribution in [1.82, 2.24) is 8.96 Å². The molecule has 0 radical (unpaired) electrons. The van der Waals surface area contributed by atoms with Crippen LogP contribution in [0.25, 0.3) is 0 Å². The summed E-state index contributed by atoms with van der Waals surface area (Å²) in [6.45, 7) is 0.231. The van der Waals surface area contributed by atoms with Crippen molar-refractivity contribution in [1.29, 1.82) is 0 Å². The monoisotopic (exact) mass is 358 g/mol. The van der Waals surface area contributed by atoms with Crippen LogP contribution in [0.2, 0.25) is 0 Å². The van der Waals surface area contributed by atoms with Crippen LogP contribution in [0.5, 0.6) is 5.88 Å². The van der Waals surface area contributed by atoms with Crippen LogP contribution in [0, 0.1) is 0 Å². The van der Waals surface area contributed by atoms with Gasteiger partial charge in [0.25, 0.3) is 5.56 Å². The molecular formula is C12H11BrN2O4S. The van der Waals surface area contributed by atoms with Gasteiger partial charge in [0.1, 0.15) is 17.4 Å². The molecule has 0 amide bonds. The van der Waals surface area contributed by atoms with Gasteiger partial charge in [-0.15, -0.1) is 0 Å². The number of halogens is 1. The Morgan fingerprint density at radius 2 is 1.95 bits per heavy atom. The van der Waals surface area contributed by atoms with E-state index >= 15 is 0 Å². The quantitative estimate of drug-likeness (QED) is 0.825. The summed E-state index contributed by atoms with van der Waals surface area (Å²) < 4.78 is 28.6. The molecule has 0 bridgehead atoms. The zero-order valence-corrected chi connectivity index (χ0v) is 12.9. The maximum atomic E-state index is 11.9. The van der Waals surface area contributed by atoms with E-state index in [1.165, 1.54) is 0 Å². The summed E-state index contributed by atoms with van der Waals surface area (Å²) >= 11 is 3.01. The number of aromatic nitrogens is 2. The number of rotatable bonds is 4. The van der Waals surface area contributed by atoms with E-state index < -0.39 is 15.6 Å². The predicted molar refractivity (Wildman–Crippen MR) is 77.2 cm³/mol. The van der Waals surface area contributed by atoms with Crippen molar-refractivity contribution < 1.29 is 13.2 Å². The van der Waals surface area contributed by atoms with E-state index in [1.807, 2.05) is 30.3 Å². The van der Waals surface area contributed by atoms with E-state index in [1.54, 1.807) is 0 Å². The van der Waals surface area contributed by atoms with E-state index in [4.69, 9.17) is 4.74 Å². The van der Waals surface area contributed by atoms with Gasteiger partial charge in [0.2, 0.25) is 15.9 Å². The second-order valence-corrected chi connectivity index (χ2v) is 6.65. The van der Waals surface area contributed by atoms with Crippen molar-refractivity contribution in [2.24, 2.45) is 0 Å². The molecule has 0 N–H and O–H groups in total. The van der Waals surface area contributed by atoms with Crippen molar-refractivity contribution in [2.75, 3.05) is 6.26 Å². The molecule has 0 atom stereocenters. The fourth-order valence-corrected chi connectivity index (χ4v) is 2.60. The predicted octanol–water partition coefficient (Wildman–Crippen LogP) is 1.39. The van der Waals surface area contributed by atoms with Crippen LogP contribution >= 0.6 is 15.9 Å². The Morgan fingerprint density at radius 1 is 1.30 bits per heavy atom. The van der Waals surface area contributed by atoms with Gasteiger partial charge in [-0.25, -0.2) is 13.4 Å². The van der Waals surface area contributed by atoms with Gasteiger partial charge in [0.15, 0.2) is 0 Å². The molecular weight excluding hydrogens is 348 g/mol. The zero-order chi connectivity index (χ0) is 14.8. The highest BCUT2D eigenvalue weighted by molar-refractivity contribution is 9.10. The molecule has 2 rings (SSSR count). The van der Waals surface area contributed by atoms with Gasteiger partial charge in [0.05, 0.1) is 6.26 Å². The standard InChI is InChI=1S/C12H11BrN2O4S/c1-20(17,18)15-8-14-11(10(13)12(15)16)19-7-9-5-3-2-4-6-9/h2-6,8H,7H2,1H3. The summed E-state index contributed by atoms with van der Waals surface area (Å²) in [7, 11) is -3.68. The Bertz CT molecular complexity index is 772. The van der Waals surface area contributed by atoms with E-state index in [2.05, 4.69) is 20.9 Å². The Hall–Kier alpha value is -1.67. The molecule has 20 heavy (non-hydrogen) atoms. The zero-order valence-electron chi connectivity index (χ0n) is 10.5. The Kier molecular flexibility index (Phi) is 4.24. The molecule has 0 fully saturated rings. The molecule has 0 unspecified atom stereocenters. The molecule has 8 heteroatoms. The molecule has 1 heterocycles. The maximum absolute atomic E-state index is 11.9. The second-order valence-electron chi connectivity index (χ2n) is 4.00. The van der Waals surface area contributed by atoms with E-state index in [-0.39, 0.29) is 17.0 Å². The van der Waals surface area contributed by atoms with Crippen LogP contribution in [0.15, 0.2) is 45.9 Å². The van der Waals surface area contributed by atoms with E-state index in [9.17, 15) is 13.2 Å². The van der Waals surface area contributed by atoms with Crippen LogP contribution in [0.3, 0.4) is 0 Å². The van der Waals surface area contributed by atoms with Crippen LogP contribution < -0.4 is 10.3 Å². The van der Waals surface area contributed by atoms with Crippen LogP contribution in [0.4, 0.5) is 0 Å². The topological polar surface area (TPSA) is 78.3 Å². The van der Waals surface area contributed by atoms with Crippen molar-refractivity contribution in [2.45, 2.75) is 6.61 Å². The Labute approximate surface area is 124 Å². The summed E-state index contributed by atoms with van der Waals surface area (Å²) in [5.74, 6) is 0.0544. The molecule has 0 saturated carbocycles. The smallest absolute Gasteiger partial charge is 0.285 e. The highest BCUT2D eigenvalue weighted by Crippen LogP contribution is 2.18. The molecule has 0 aliphatic heterocycles. The van der Waals surface area contributed by atoms with Crippen LogP contribution in [-0.2, 0) is 16.6 Å². The first-order chi connectivity index (χ1) is 9.39. The average molecular weight is 359 g/mol. The summed E-state index contributed by atoms with van der Waals surface area (Å²) in [6.07, 6.45) is 1.86. The highest BCUT2D eigenvalue weighted by Gasteiger charge is 2.15. The number of hydrogen-bond donors (Lipinski definition) is 0. The van der Waals surface area contributed by atoms with Crippen molar-refractivity contribution in [3.63, 3.8) is 0 Å². The number of nitrogens with zero attached hydrogens (tertiary/aromatic N) is 2. The lowest BCUT2D eigenvalue weighted by Gasteiger charge is -2.08. The summed E-state index contributed by atoms with van der Waals surface area (Å²) in [4.78, 5) is 15.7. The number of hydrogen-bond acceptors (Lipinski definition) is 5. The van der Waals surface area contributed by atoms with Crippen LogP contribution in [0.1, 0.15) is 5.56 Å². The van der Waals surface area contributed by atoms with Gasteiger partial charge < -0.3 is 4.74 Å². The first kappa shape index (κ1) is 14.7. The molecule has 0 saturated heterocycles. The minimum atomic E-state index is -3.68. The lowest BCUT2D eigenvalue weighted by Crippen LogP contribution is -2.27. The molecule has 1 aromatic heterocycles. The van der Waals surface area contributed by atoms with Crippen molar-refractivity contribution in [3.8, 4) is 5.88 Å². The first-order valence-corrected chi connectivity index (χ1v) is 8.18. The molecule has 0 aliphatic carbocycles. The molecule has 1 aromatic carbocycles. The largest absolute Gasteiger partial charge is 0.472 e. The molecule has 6 nitrogen and oxygen atoms in total. The third-order valence-electron chi connectivity index (χ3n) is 2.43. The van der Waals surface area contributed by atoms with Gasteiger partial charge in [-0.2, -0.15) is 3.97 Å². The highest BCUT2D eigenvalue weighted by atomic mass is 79.9. The summed E-state index contributed by atoms with van der Waals surface area (Å²) in [6, 6.07) is 9.34. The lowest BCUT2D eigenvalue weighted by molar-refractivity contribution is 0.290. The van der Waals surface area contributed by atoms with Crippen LogP contribution in [-0.4, -0.2) is 23.6 Å². The van der Waals surface area contributed by atoms with Gasteiger partial charge in [-0.05, 0) is 21.5 Å². The molecule has 2 aromatic rings. The van der Waals surface area contributed by atoms with E-state index in [0.717, 1.165) is 18.1 Å². The SMILES string of the molecule is CS(=O)(=O)n1cnc(OCc2ccccc2)c(Br)c1=O. The van der Waals surface area contributed by atoms with Gasteiger partial charge in [-0.3, -0.25) is 4.79 Å². The van der Waals surface area contributed by atoms with Gasteiger partial charge in [0, 0.05) is 0 Å². The fraction of sp³-hybridized carbons (Fsp3) is 0.167. The van der Waals surface area contributed by atoms with Crippen molar-refractivity contribution in [3.05, 3.63) is 57.0 Å². The Morgan fingerprint density at radius 3 is 2.55 bits per heavy atom. The third-order valence-corrected chi connectivity index (χ3v) is 4.08. The molecule has 106 valence electrons. The molecule has 0 aliphatic rings. The first-order valence-electron chi connectivity index (χ1n) is 5.54.